The van der Waals surface area contributed by atoms with Crippen LogP contribution >= 0.6 is 15.9 Å². The van der Waals surface area contributed by atoms with Crippen molar-refractivity contribution in [3.8, 4) is 5.69 Å². The van der Waals surface area contributed by atoms with E-state index in [4.69, 9.17) is 5.73 Å². The highest BCUT2D eigenvalue weighted by atomic mass is 79.9. The van der Waals surface area contributed by atoms with Gasteiger partial charge in [0.2, 0.25) is 0 Å². The van der Waals surface area contributed by atoms with E-state index >= 15 is 0 Å². The molecule has 0 aliphatic carbocycles. The van der Waals surface area contributed by atoms with Gasteiger partial charge in [0.1, 0.15) is 11.5 Å². The minimum atomic E-state index is -0.766. The molecule has 1 heterocycles. The largest absolute Gasteiger partial charge is 0.381 e. The van der Waals surface area contributed by atoms with Crippen molar-refractivity contribution in [2.24, 2.45) is 0 Å². The molecule has 0 fully saturated rings. The fourth-order valence-corrected chi connectivity index (χ4v) is 1.67. The van der Waals surface area contributed by atoms with Gasteiger partial charge < -0.3 is 5.73 Å². The SMILES string of the molecule is Nc1cnn(-c2c(F)cc(F)cc2Br)n1. The Morgan fingerprint density at radius 2 is 2.07 bits per heavy atom. The van der Waals surface area contributed by atoms with Crippen molar-refractivity contribution in [1.82, 2.24) is 15.0 Å². The molecule has 2 rings (SSSR count). The van der Waals surface area contributed by atoms with E-state index in [2.05, 4.69) is 26.1 Å². The predicted octanol–water partition coefficient (Wildman–Crippen LogP) is 1.89. The minimum absolute atomic E-state index is 0.0214. The summed E-state index contributed by atoms with van der Waals surface area (Å²) >= 11 is 3.02. The van der Waals surface area contributed by atoms with Gasteiger partial charge in [-0.05, 0) is 22.0 Å². The molecule has 0 spiro atoms. The lowest BCUT2D eigenvalue weighted by Gasteiger charge is -2.04. The molecular weight excluding hydrogens is 270 g/mol. The van der Waals surface area contributed by atoms with Crippen molar-refractivity contribution in [1.29, 1.82) is 0 Å². The molecule has 0 bridgehead atoms. The highest BCUT2D eigenvalue weighted by Gasteiger charge is 2.13. The minimum Gasteiger partial charge on any atom is -0.381 e. The lowest BCUT2D eigenvalue weighted by molar-refractivity contribution is 0.563. The first kappa shape index (κ1) is 10.0. The highest BCUT2D eigenvalue weighted by Crippen LogP contribution is 2.24. The number of nitrogens with two attached hydrogens (primary N) is 1. The first-order valence-corrected chi connectivity index (χ1v) is 4.70. The zero-order valence-electron chi connectivity index (χ0n) is 7.28. The third-order valence-corrected chi connectivity index (χ3v) is 2.30. The summed E-state index contributed by atoms with van der Waals surface area (Å²) in [6.07, 6.45) is 1.27. The van der Waals surface area contributed by atoms with Gasteiger partial charge in [-0.25, -0.2) is 8.78 Å². The van der Waals surface area contributed by atoms with Crippen LogP contribution in [0.1, 0.15) is 0 Å². The van der Waals surface area contributed by atoms with Crippen LogP contribution in [0.15, 0.2) is 22.8 Å². The fourth-order valence-electron chi connectivity index (χ4n) is 1.11. The van der Waals surface area contributed by atoms with E-state index in [0.29, 0.717) is 0 Å². The van der Waals surface area contributed by atoms with Crippen molar-refractivity contribution < 1.29 is 8.78 Å². The first-order valence-electron chi connectivity index (χ1n) is 3.90. The van der Waals surface area contributed by atoms with Crippen LogP contribution in [0.2, 0.25) is 0 Å². The molecule has 7 heteroatoms. The van der Waals surface area contributed by atoms with Crippen LogP contribution in [0.5, 0.6) is 0 Å². The van der Waals surface area contributed by atoms with Crippen LogP contribution in [0.4, 0.5) is 14.6 Å². The maximum absolute atomic E-state index is 13.4. The van der Waals surface area contributed by atoms with Gasteiger partial charge in [0.15, 0.2) is 11.6 Å². The number of anilines is 1. The summed E-state index contributed by atoms with van der Waals surface area (Å²) in [7, 11) is 0. The third kappa shape index (κ3) is 1.82. The Labute approximate surface area is 91.8 Å². The molecule has 0 radical (unpaired) electrons. The second-order valence-corrected chi connectivity index (χ2v) is 3.63. The summed E-state index contributed by atoms with van der Waals surface area (Å²) < 4.78 is 26.4. The number of hydrogen-bond acceptors (Lipinski definition) is 3. The normalized spacial score (nSPS) is 10.6. The molecule has 0 aliphatic rings. The smallest absolute Gasteiger partial charge is 0.166 e. The highest BCUT2D eigenvalue weighted by molar-refractivity contribution is 9.10. The molecule has 2 N–H and O–H groups in total. The molecule has 0 saturated heterocycles. The average Bonchev–Trinajstić information content (AvgIpc) is 2.49. The summed E-state index contributed by atoms with van der Waals surface area (Å²) in [4.78, 5) is 0.994. The van der Waals surface area contributed by atoms with E-state index in [1.807, 2.05) is 0 Å². The van der Waals surface area contributed by atoms with Gasteiger partial charge in [-0.2, -0.15) is 5.10 Å². The number of nitrogens with zero attached hydrogens (tertiary/aromatic N) is 3. The van der Waals surface area contributed by atoms with E-state index in [1.54, 1.807) is 0 Å². The van der Waals surface area contributed by atoms with Gasteiger partial charge in [0.25, 0.3) is 0 Å². The second kappa shape index (κ2) is 3.58. The number of nitrogen functional groups attached to an aromatic ring is 1. The lowest BCUT2D eigenvalue weighted by atomic mass is 10.3. The van der Waals surface area contributed by atoms with Gasteiger partial charge in [-0.1, -0.05) is 0 Å². The lowest BCUT2D eigenvalue weighted by Crippen LogP contribution is -2.04. The maximum atomic E-state index is 13.4. The number of rotatable bonds is 1. The van der Waals surface area contributed by atoms with E-state index in [1.165, 1.54) is 6.20 Å². The molecule has 0 saturated carbocycles. The van der Waals surface area contributed by atoms with Crippen LogP contribution in [0, 0.1) is 11.6 Å². The molecule has 2 aromatic rings. The number of benzene rings is 1. The summed E-state index contributed by atoms with van der Waals surface area (Å²) in [5.41, 5.74) is 5.36. The van der Waals surface area contributed by atoms with Gasteiger partial charge >= 0.3 is 0 Å². The standard InChI is InChI=1S/C8H5BrF2N4/c9-5-1-4(10)2-6(11)8(5)15-13-3-7(12)14-15/h1-3H,(H2,12,14). The monoisotopic (exact) mass is 274 g/mol. The summed E-state index contributed by atoms with van der Waals surface area (Å²) in [5, 5.41) is 7.45. The maximum Gasteiger partial charge on any atom is 0.166 e. The van der Waals surface area contributed by atoms with Crippen LogP contribution in [0.3, 0.4) is 0 Å². The Balaban J connectivity index is 2.62. The average molecular weight is 275 g/mol. The molecular formula is C8H5BrF2N4. The Morgan fingerprint density at radius 1 is 1.33 bits per heavy atom. The van der Waals surface area contributed by atoms with E-state index in [9.17, 15) is 8.78 Å². The molecule has 0 atom stereocenters. The van der Waals surface area contributed by atoms with Gasteiger partial charge in [-0.15, -0.1) is 9.90 Å². The zero-order chi connectivity index (χ0) is 11.0. The van der Waals surface area contributed by atoms with Crippen LogP contribution in [0.25, 0.3) is 5.69 Å². The second-order valence-electron chi connectivity index (χ2n) is 2.78. The molecule has 78 valence electrons. The van der Waals surface area contributed by atoms with Crippen LogP contribution in [-0.2, 0) is 0 Å². The quantitative estimate of drug-likeness (QED) is 0.864. The fraction of sp³-hybridized carbons (Fsp3) is 0. The van der Waals surface area contributed by atoms with E-state index < -0.39 is 11.6 Å². The van der Waals surface area contributed by atoms with Crippen molar-refractivity contribution in [3.05, 3.63) is 34.4 Å². The topological polar surface area (TPSA) is 56.7 Å². The van der Waals surface area contributed by atoms with Gasteiger partial charge in [0.05, 0.1) is 10.7 Å². The van der Waals surface area contributed by atoms with Crippen molar-refractivity contribution in [3.63, 3.8) is 0 Å². The van der Waals surface area contributed by atoms with Crippen LogP contribution < -0.4 is 5.73 Å². The van der Waals surface area contributed by atoms with Crippen molar-refractivity contribution in [2.45, 2.75) is 0 Å². The molecule has 0 aliphatic heterocycles. The number of hydrogen-bond donors (Lipinski definition) is 1. The number of aromatic nitrogens is 3. The molecule has 1 aromatic heterocycles. The van der Waals surface area contributed by atoms with Gasteiger partial charge in [0, 0.05) is 6.07 Å². The Morgan fingerprint density at radius 3 is 2.60 bits per heavy atom. The summed E-state index contributed by atoms with van der Waals surface area (Å²) in [5.74, 6) is -1.29. The summed E-state index contributed by atoms with van der Waals surface area (Å²) in [6.45, 7) is 0. The Hall–Kier alpha value is -1.50. The van der Waals surface area contributed by atoms with E-state index in [0.717, 1.165) is 16.9 Å². The molecule has 15 heavy (non-hydrogen) atoms. The number of halogens is 3. The third-order valence-electron chi connectivity index (χ3n) is 1.69. The van der Waals surface area contributed by atoms with Crippen molar-refractivity contribution in [2.75, 3.05) is 5.73 Å². The van der Waals surface area contributed by atoms with E-state index in [-0.39, 0.29) is 16.0 Å². The Bertz CT molecular complexity index is 488. The predicted molar refractivity (Wildman–Crippen MR) is 53.4 cm³/mol. The molecule has 4 nitrogen and oxygen atoms in total. The van der Waals surface area contributed by atoms with Gasteiger partial charge in [-0.3, -0.25) is 0 Å². The first-order chi connectivity index (χ1) is 7.08. The van der Waals surface area contributed by atoms with Crippen molar-refractivity contribution >= 4 is 21.7 Å². The Kier molecular flexibility index (Phi) is 2.39. The summed E-state index contributed by atoms with van der Waals surface area (Å²) in [6, 6.07) is 1.87. The molecule has 0 unspecified atom stereocenters. The zero-order valence-corrected chi connectivity index (χ0v) is 8.87. The molecule has 0 amide bonds. The molecule has 1 aromatic carbocycles. The van der Waals surface area contributed by atoms with Crippen LogP contribution in [-0.4, -0.2) is 15.0 Å².